The Kier molecular flexibility index (Phi) is 12.2. The summed E-state index contributed by atoms with van der Waals surface area (Å²) >= 11 is 0. The number of fused-ring (bicyclic) bond motifs is 8. The summed E-state index contributed by atoms with van der Waals surface area (Å²) in [5, 5.41) is 23.7. The number of hydrogen-bond acceptors (Lipinski definition) is 14. The molecule has 5 aliphatic heterocycles. The summed E-state index contributed by atoms with van der Waals surface area (Å²) in [7, 11) is 0. The monoisotopic (exact) mass is 1060 g/mol. The number of hydrogen-bond donors (Lipinski definition) is 2. The van der Waals surface area contributed by atoms with Crippen LogP contribution in [0.5, 0.6) is 17.5 Å². The van der Waals surface area contributed by atoms with E-state index < -0.39 is 47.1 Å². The number of aromatic hydroxyl groups is 1. The van der Waals surface area contributed by atoms with Crippen molar-refractivity contribution in [1.29, 1.82) is 0 Å². The number of phenolic OH excluding ortho intramolecular Hbond substituents is 1. The minimum atomic E-state index is -1.94. The SMILES string of the molecule is C#Cc1c(F)ccc2cc(O)cc(-c3ncc4c(N5CCN(C(=O)C(=C)C(C)Oc6ccc7nc8c(c(CC)c7c6)Cn6c-8cc7c(c6=O)COC(=O)[C@]7(O)CC)C[C@@H]5C)nc(OC[C@@]56CCCN5C[C@H](F)C6)nc4c3F)c12. The number of halogens is 3. The Bertz CT molecular complexity index is 3860. The van der Waals surface area contributed by atoms with Gasteiger partial charge >= 0.3 is 12.0 Å². The van der Waals surface area contributed by atoms with Crippen molar-refractivity contribution in [2.24, 2.45) is 0 Å². The second-order valence-electron chi connectivity index (χ2n) is 21.2. The molecule has 3 aromatic carbocycles. The fourth-order valence-electron chi connectivity index (χ4n) is 12.6. The quantitative estimate of drug-likeness (QED) is 0.0727. The highest BCUT2D eigenvalue weighted by Gasteiger charge is 2.50. The van der Waals surface area contributed by atoms with E-state index in [0.29, 0.717) is 46.8 Å². The molecule has 5 atom stereocenters. The van der Waals surface area contributed by atoms with Crippen LogP contribution in [-0.2, 0) is 39.5 Å². The number of aliphatic hydroxyl groups is 1. The van der Waals surface area contributed by atoms with E-state index in [0.717, 1.165) is 35.9 Å². The first-order chi connectivity index (χ1) is 37.4. The number of cyclic esters (lactones) is 1. The Morgan fingerprint density at radius 2 is 1.85 bits per heavy atom. The Balaban J connectivity index is 0.806. The molecule has 78 heavy (non-hydrogen) atoms. The van der Waals surface area contributed by atoms with Crippen molar-refractivity contribution in [1.82, 2.24) is 34.3 Å². The number of aryl methyl sites for hydroxylation is 1. The first-order valence-electron chi connectivity index (χ1n) is 26.3. The number of anilines is 1. The minimum Gasteiger partial charge on any atom is -0.508 e. The van der Waals surface area contributed by atoms with Crippen LogP contribution in [0.3, 0.4) is 0 Å². The predicted octanol–water partition coefficient (Wildman–Crippen LogP) is 7.78. The lowest BCUT2D eigenvalue weighted by Crippen LogP contribution is -2.55. The van der Waals surface area contributed by atoms with Gasteiger partial charge in [-0.05, 0) is 99.5 Å². The minimum absolute atomic E-state index is 0.0348. The van der Waals surface area contributed by atoms with Crippen molar-refractivity contribution >= 4 is 50.3 Å². The molecule has 0 saturated carbocycles. The zero-order valence-electron chi connectivity index (χ0n) is 43.5. The van der Waals surface area contributed by atoms with Crippen LogP contribution in [0.25, 0.3) is 55.2 Å². The highest BCUT2D eigenvalue weighted by atomic mass is 19.1. The highest BCUT2D eigenvalue weighted by molar-refractivity contribution is 6.03. The molecule has 16 nitrogen and oxygen atoms in total. The zero-order valence-corrected chi connectivity index (χ0v) is 43.5. The van der Waals surface area contributed by atoms with Gasteiger partial charge in [-0.15, -0.1) is 6.42 Å². The standard InChI is InChI=1S/C59H55F3N8O8/c1-7-37-39-21-36(12-14-46(39)64-50-42(37)27-70-47(50)22-44-43(55(70)73)28-76-56(74)59(44,75)9-3)78-32(6)31(5)54(72)67-17-18-69(30(4)25-67)53-41-24-63-51(40-20-35(71)19-33-11-13-45(61)38(8-2)48(33)40)49(62)52(41)65-57(66-53)77-29-58-15-10-16-68(58)26-34(60)23-58/h2,11-14,19-22,24,30,32,34,71,75H,5,7,9-10,15-18,23,25-29H2,1,3-4,6H3/t30-,32?,34+,58-,59-/m0/s1. The van der Waals surface area contributed by atoms with E-state index in [-0.39, 0.29) is 125 Å². The van der Waals surface area contributed by atoms with Gasteiger partial charge in [0.1, 0.15) is 59.8 Å². The van der Waals surface area contributed by atoms with Crippen LogP contribution >= 0.6 is 0 Å². The van der Waals surface area contributed by atoms with Crippen LogP contribution in [0, 0.1) is 24.0 Å². The number of nitrogens with zero attached hydrogens (tertiary/aromatic N) is 8. The van der Waals surface area contributed by atoms with Crippen molar-refractivity contribution in [3.63, 3.8) is 0 Å². The molecule has 400 valence electrons. The highest BCUT2D eigenvalue weighted by Crippen LogP contribution is 2.44. The normalized spacial score (nSPS) is 22.0. The van der Waals surface area contributed by atoms with Crippen molar-refractivity contribution in [2.45, 2.75) is 102 Å². The van der Waals surface area contributed by atoms with Gasteiger partial charge < -0.3 is 38.8 Å². The number of terminal acetylenes is 1. The van der Waals surface area contributed by atoms with Gasteiger partial charge in [0.15, 0.2) is 11.4 Å². The van der Waals surface area contributed by atoms with Gasteiger partial charge in [-0.3, -0.25) is 19.5 Å². The van der Waals surface area contributed by atoms with Gasteiger partial charge in [-0.1, -0.05) is 32.4 Å². The van der Waals surface area contributed by atoms with Gasteiger partial charge in [0, 0.05) is 77.9 Å². The molecule has 2 N–H and O–H groups in total. The third-order valence-corrected chi connectivity index (χ3v) is 16.7. The van der Waals surface area contributed by atoms with Crippen LogP contribution < -0.4 is 19.9 Å². The average molecular weight is 1060 g/mol. The number of esters is 1. The molecule has 4 aromatic heterocycles. The predicted molar refractivity (Wildman–Crippen MR) is 285 cm³/mol. The first kappa shape index (κ1) is 50.7. The number of alkyl halides is 1. The number of amides is 1. The molecule has 0 bridgehead atoms. The van der Waals surface area contributed by atoms with Crippen LogP contribution in [0.2, 0.25) is 0 Å². The number of carbonyl (C=O) groups is 2. The summed E-state index contributed by atoms with van der Waals surface area (Å²) < 4.78 is 67.0. The fraction of sp³-hybridized carbons (Fsp3) is 0.373. The number of pyridine rings is 3. The zero-order chi connectivity index (χ0) is 54.7. The molecular weight excluding hydrogens is 1010 g/mol. The summed E-state index contributed by atoms with van der Waals surface area (Å²) in [5.41, 5.74) is 0.941. The third kappa shape index (κ3) is 7.92. The fourth-order valence-corrected chi connectivity index (χ4v) is 12.6. The second kappa shape index (κ2) is 18.8. The molecule has 5 aliphatic rings. The van der Waals surface area contributed by atoms with E-state index in [9.17, 15) is 29.0 Å². The van der Waals surface area contributed by atoms with Crippen molar-refractivity contribution in [3.05, 3.63) is 117 Å². The van der Waals surface area contributed by atoms with E-state index in [1.54, 1.807) is 35.4 Å². The number of phenols is 1. The van der Waals surface area contributed by atoms with Gasteiger partial charge in [0.25, 0.3) is 11.5 Å². The molecule has 7 aromatic rings. The van der Waals surface area contributed by atoms with Crippen LogP contribution in [0.15, 0.2) is 71.7 Å². The van der Waals surface area contributed by atoms with Gasteiger partial charge in [0.2, 0.25) is 0 Å². The van der Waals surface area contributed by atoms with Crippen molar-refractivity contribution < 1.29 is 47.2 Å². The Morgan fingerprint density at radius 1 is 1.03 bits per heavy atom. The summed E-state index contributed by atoms with van der Waals surface area (Å²) in [6.07, 6.45) is 7.92. The molecular formula is C59H55F3N8O8. The van der Waals surface area contributed by atoms with E-state index in [2.05, 4.69) is 27.4 Å². The van der Waals surface area contributed by atoms with Crippen molar-refractivity contribution in [2.75, 3.05) is 44.2 Å². The topological polar surface area (TPSA) is 186 Å². The van der Waals surface area contributed by atoms with E-state index >= 15 is 8.78 Å². The molecule has 0 radical (unpaired) electrons. The summed E-state index contributed by atoms with van der Waals surface area (Å²) in [6.45, 7) is 13.3. The molecule has 9 heterocycles. The number of ether oxygens (including phenoxy) is 3. The summed E-state index contributed by atoms with van der Waals surface area (Å²) in [6, 6.07) is 11.9. The number of rotatable bonds is 11. The summed E-state index contributed by atoms with van der Waals surface area (Å²) in [4.78, 5) is 65.6. The molecule has 3 saturated heterocycles. The van der Waals surface area contributed by atoms with Gasteiger partial charge in [0.05, 0.1) is 45.5 Å². The largest absolute Gasteiger partial charge is 0.508 e. The number of benzene rings is 3. The molecule has 0 spiro atoms. The van der Waals surface area contributed by atoms with E-state index in [1.165, 1.54) is 30.5 Å². The Morgan fingerprint density at radius 3 is 2.62 bits per heavy atom. The maximum atomic E-state index is 17.4. The molecule has 1 amide bonds. The van der Waals surface area contributed by atoms with Crippen LogP contribution in [0.4, 0.5) is 19.0 Å². The second-order valence-corrected chi connectivity index (χ2v) is 21.2. The van der Waals surface area contributed by atoms with E-state index in [4.69, 9.17) is 30.6 Å². The smallest absolute Gasteiger partial charge is 0.343 e. The molecule has 3 fully saturated rings. The van der Waals surface area contributed by atoms with Crippen LogP contribution in [0.1, 0.15) is 81.2 Å². The number of aromatic nitrogens is 5. The average Bonchev–Trinajstić information content (AvgIpc) is 4.27. The maximum absolute atomic E-state index is 17.4. The molecule has 19 heteroatoms. The lowest BCUT2D eigenvalue weighted by Gasteiger charge is -2.41. The molecule has 12 rings (SSSR count). The lowest BCUT2D eigenvalue weighted by atomic mass is 9.86. The Labute approximate surface area is 446 Å². The van der Waals surface area contributed by atoms with Crippen molar-refractivity contribution in [3.8, 4) is 52.5 Å². The third-order valence-electron chi connectivity index (χ3n) is 16.7. The number of piperazine rings is 1. The number of carbonyl (C=O) groups excluding carboxylic acids is 2. The summed E-state index contributed by atoms with van der Waals surface area (Å²) in [5.74, 6) is 0.213. The van der Waals surface area contributed by atoms with Crippen LogP contribution in [-0.4, -0.2) is 120 Å². The lowest BCUT2D eigenvalue weighted by molar-refractivity contribution is -0.172. The van der Waals surface area contributed by atoms with Gasteiger partial charge in [-0.2, -0.15) is 9.97 Å². The van der Waals surface area contributed by atoms with E-state index in [1.807, 2.05) is 30.9 Å². The molecule has 1 unspecified atom stereocenters. The maximum Gasteiger partial charge on any atom is 0.343 e. The molecule has 0 aliphatic carbocycles. The Hall–Kier alpha value is -8.08. The van der Waals surface area contributed by atoms with Gasteiger partial charge in [-0.25, -0.2) is 22.9 Å². The first-order valence-corrected chi connectivity index (χ1v) is 26.3.